The van der Waals surface area contributed by atoms with Crippen LogP contribution in [0.5, 0.6) is 17.2 Å². The van der Waals surface area contributed by atoms with E-state index in [2.05, 4.69) is 5.32 Å². The van der Waals surface area contributed by atoms with Crippen LogP contribution in [0.15, 0.2) is 60.7 Å². The van der Waals surface area contributed by atoms with Crippen molar-refractivity contribution in [3.63, 3.8) is 0 Å². The molecule has 0 aliphatic rings. The standard InChI is InChI=1S/C22H20FNO4/c1-26-16-7-4-14(5-8-16)19-12-15(6-11-21(19)28-3)24-22(25)18-10-9-17(27-2)13-20(18)23/h4-13H,1-3H3,(H,24,25). The van der Waals surface area contributed by atoms with Crippen molar-refractivity contribution < 1.29 is 23.4 Å². The van der Waals surface area contributed by atoms with Crippen LogP contribution in [0.4, 0.5) is 10.1 Å². The highest BCUT2D eigenvalue weighted by Gasteiger charge is 2.14. The second-order valence-corrected chi connectivity index (χ2v) is 5.94. The third-order valence-electron chi connectivity index (χ3n) is 4.28. The number of amides is 1. The minimum absolute atomic E-state index is 0.0670. The Morgan fingerprint density at radius 2 is 1.50 bits per heavy atom. The molecule has 0 aromatic heterocycles. The molecular formula is C22H20FNO4. The minimum Gasteiger partial charge on any atom is -0.497 e. The van der Waals surface area contributed by atoms with Gasteiger partial charge in [-0.15, -0.1) is 0 Å². The first-order valence-corrected chi connectivity index (χ1v) is 8.53. The molecule has 5 nitrogen and oxygen atoms in total. The molecule has 0 unspecified atom stereocenters. The lowest BCUT2D eigenvalue weighted by molar-refractivity contribution is 0.102. The van der Waals surface area contributed by atoms with Gasteiger partial charge in [0.25, 0.3) is 5.91 Å². The van der Waals surface area contributed by atoms with Crippen LogP contribution in [0.25, 0.3) is 11.1 Å². The van der Waals surface area contributed by atoms with E-state index in [1.54, 1.807) is 32.4 Å². The van der Waals surface area contributed by atoms with Gasteiger partial charge < -0.3 is 19.5 Å². The number of carbonyl (C=O) groups excluding carboxylic acids is 1. The van der Waals surface area contributed by atoms with Crippen LogP contribution in [-0.4, -0.2) is 27.2 Å². The summed E-state index contributed by atoms with van der Waals surface area (Å²) in [7, 11) is 4.62. The normalized spacial score (nSPS) is 10.3. The van der Waals surface area contributed by atoms with E-state index >= 15 is 0 Å². The molecule has 0 atom stereocenters. The molecule has 3 aromatic rings. The average molecular weight is 381 g/mol. The fourth-order valence-electron chi connectivity index (χ4n) is 2.79. The smallest absolute Gasteiger partial charge is 0.258 e. The van der Waals surface area contributed by atoms with Crippen molar-refractivity contribution in [3.8, 4) is 28.4 Å². The summed E-state index contributed by atoms with van der Waals surface area (Å²) in [6, 6.07) is 16.8. The summed E-state index contributed by atoms with van der Waals surface area (Å²) in [5, 5.41) is 2.72. The van der Waals surface area contributed by atoms with Crippen molar-refractivity contribution in [2.45, 2.75) is 0 Å². The number of halogens is 1. The summed E-state index contributed by atoms with van der Waals surface area (Å²) in [5.41, 5.74) is 2.14. The van der Waals surface area contributed by atoms with Crippen molar-refractivity contribution in [1.29, 1.82) is 0 Å². The number of hydrogen-bond donors (Lipinski definition) is 1. The Hall–Kier alpha value is -3.54. The van der Waals surface area contributed by atoms with E-state index < -0.39 is 11.7 Å². The van der Waals surface area contributed by atoms with Crippen LogP contribution in [0.3, 0.4) is 0 Å². The van der Waals surface area contributed by atoms with Crippen LogP contribution in [0, 0.1) is 5.82 Å². The van der Waals surface area contributed by atoms with Crippen molar-refractivity contribution in [2.24, 2.45) is 0 Å². The highest BCUT2D eigenvalue weighted by atomic mass is 19.1. The Morgan fingerprint density at radius 3 is 2.11 bits per heavy atom. The van der Waals surface area contributed by atoms with E-state index in [4.69, 9.17) is 14.2 Å². The highest BCUT2D eigenvalue weighted by molar-refractivity contribution is 6.05. The molecule has 0 radical (unpaired) electrons. The SMILES string of the molecule is COc1ccc(-c2cc(NC(=O)c3ccc(OC)cc3F)ccc2OC)cc1. The minimum atomic E-state index is -0.652. The summed E-state index contributed by atoms with van der Waals surface area (Å²) < 4.78 is 29.7. The lowest BCUT2D eigenvalue weighted by atomic mass is 10.0. The summed E-state index contributed by atoms with van der Waals surface area (Å²) in [4.78, 5) is 12.5. The first kappa shape index (κ1) is 19.2. The van der Waals surface area contributed by atoms with Gasteiger partial charge in [-0.2, -0.15) is 0 Å². The molecule has 0 spiro atoms. The number of rotatable bonds is 6. The van der Waals surface area contributed by atoms with Gasteiger partial charge in [-0.1, -0.05) is 12.1 Å². The molecule has 28 heavy (non-hydrogen) atoms. The van der Waals surface area contributed by atoms with Crippen molar-refractivity contribution in [2.75, 3.05) is 26.6 Å². The summed E-state index contributed by atoms with van der Waals surface area (Å²) in [5.74, 6) is 0.535. The molecule has 0 aliphatic carbocycles. The molecule has 0 bridgehead atoms. The van der Waals surface area contributed by atoms with E-state index in [-0.39, 0.29) is 5.56 Å². The van der Waals surface area contributed by atoms with Gasteiger partial charge in [0.15, 0.2) is 0 Å². The van der Waals surface area contributed by atoms with Crippen LogP contribution in [0.1, 0.15) is 10.4 Å². The first-order chi connectivity index (χ1) is 13.5. The third-order valence-corrected chi connectivity index (χ3v) is 4.28. The molecular weight excluding hydrogens is 361 g/mol. The first-order valence-electron chi connectivity index (χ1n) is 8.53. The summed E-state index contributed by atoms with van der Waals surface area (Å²) in [6.07, 6.45) is 0. The largest absolute Gasteiger partial charge is 0.497 e. The molecule has 0 heterocycles. The molecule has 144 valence electrons. The Morgan fingerprint density at radius 1 is 0.821 bits per heavy atom. The number of methoxy groups -OCH3 is 3. The molecule has 0 saturated heterocycles. The lowest BCUT2D eigenvalue weighted by Gasteiger charge is -2.13. The monoisotopic (exact) mass is 381 g/mol. The number of anilines is 1. The zero-order valence-corrected chi connectivity index (χ0v) is 15.8. The number of ether oxygens (including phenoxy) is 3. The van der Waals surface area contributed by atoms with E-state index in [1.807, 2.05) is 24.3 Å². The molecule has 1 amide bonds. The number of carbonyl (C=O) groups is 1. The van der Waals surface area contributed by atoms with Gasteiger partial charge in [-0.25, -0.2) is 4.39 Å². The van der Waals surface area contributed by atoms with Crippen molar-refractivity contribution in [3.05, 3.63) is 72.0 Å². The Bertz CT molecular complexity index is 986. The molecule has 3 rings (SSSR count). The van der Waals surface area contributed by atoms with E-state index in [0.717, 1.165) is 16.9 Å². The van der Waals surface area contributed by atoms with Gasteiger partial charge in [0, 0.05) is 17.3 Å². The highest BCUT2D eigenvalue weighted by Crippen LogP contribution is 2.33. The number of benzene rings is 3. The average Bonchev–Trinajstić information content (AvgIpc) is 2.73. The molecule has 6 heteroatoms. The Kier molecular flexibility index (Phi) is 5.79. The maximum atomic E-state index is 14.2. The Labute approximate surface area is 162 Å². The maximum Gasteiger partial charge on any atom is 0.258 e. The molecule has 1 N–H and O–H groups in total. The van der Waals surface area contributed by atoms with Gasteiger partial charge in [-0.3, -0.25) is 4.79 Å². The molecule has 0 saturated carbocycles. The fraction of sp³-hybridized carbons (Fsp3) is 0.136. The van der Waals surface area contributed by atoms with Gasteiger partial charge in [-0.05, 0) is 48.0 Å². The lowest BCUT2D eigenvalue weighted by Crippen LogP contribution is -2.14. The van der Waals surface area contributed by atoms with Gasteiger partial charge in [0.1, 0.15) is 23.1 Å². The zero-order chi connectivity index (χ0) is 20.1. The molecule has 3 aromatic carbocycles. The van der Waals surface area contributed by atoms with E-state index in [0.29, 0.717) is 17.2 Å². The van der Waals surface area contributed by atoms with Crippen molar-refractivity contribution in [1.82, 2.24) is 0 Å². The molecule has 0 fully saturated rings. The second-order valence-electron chi connectivity index (χ2n) is 5.94. The number of nitrogens with one attached hydrogen (secondary N) is 1. The Balaban J connectivity index is 1.89. The van der Waals surface area contributed by atoms with Crippen LogP contribution in [-0.2, 0) is 0 Å². The fourth-order valence-corrected chi connectivity index (χ4v) is 2.79. The number of hydrogen-bond acceptors (Lipinski definition) is 4. The predicted octanol–water partition coefficient (Wildman–Crippen LogP) is 4.77. The second kappa shape index (κ2) is 8.43. The van der Waals surface area contributed by atoms with Crippen LogP contribution >= 0.6 is 0 Å². The van der Waals surface area contributed by atoms with E-state index in [9.17, 15) is 9.18 Å². The van der Waals surface area contributed by atoms with Gasteiger partial charge in [0.05, 0.1) is 26.9 Å². The van der Waals surface area contributed by atoms with Crippen molar-refractivity contribution >= 4 is 11.6 Å². The third kappa shape index (κ3) is 4.06. The topological polar surface area (TPSA) is 56.8 Å². The maximum absolute atomic E-state index is 14.2. The van der Waals surface area contributed by atoms with E-state index in [1.165, 1.54) is 25.3 Å². The summed E-state index contributed by atoms with van der Waals surface area (Å²) >= 11 is 0. The van der Waals surface area contributed by atoms with Crippen LogP contribution < -0.4 is 19.5 Å². The van der Waals surface area contributed by atoms with Crippen LogP contribution in [0.2, 0.25) is 0 Å². The predicted molar refractivity (Wildman–Crippen MR) is 106 cm³/mol. The van der Waals surface area contributed by atoms with Gasteiger partial charge >= 0.3 is 0 Å². The quantitative estimate of drug-likeness (QED) is 0.668. The molecule has 0 aliphatic heterocycles. The summed E-state index contributed by atoms with van der Waals surface area (Å²) in [6.45, 7) is 0. The van der Waals surface area contributed by atoms with Gasteiger partial charge in [0.2, 0.25) is 0 Å². The zero-order valence-electron chi connectivity index (χ0n) is 15.8.